The number of unbranched alkanes of at least 4 members (excludes halogenated alkanes) is 13. The molecule has 0 aliphatic rings. The SMILES string of the molecule is CCCCCCCCCCCCCCC/C=C/C(=O)OC(C)C. The molecule has 0 aliphatic carbocycles. The van der Waals surface area contributed by atoms with Gasteiger partial charge in [-0.1, -0.05) is 90.0 Å². The van der Waals surface area contributed by atoms with Crippen LogP contribution in [0, 0.1) is 0 Å². The molecule has 0 saturated heterocycles. The summed E-state index contributed by atoms with van der Waals surface area (Å²) >= 11 is 0. The smallest absolute Gasteiger partial charge is 0.330 e. The Kier molecular flexibility index (Phi) is 17.0. The number of esters is 1. The summed E-state index contributed by atoms with van der Waals surface area (Å²) in [5, 5.41) is 0. The molecule has 0 spiro atoms. The molecule has 0 heterocycles. The van der Waals surface area contributed by atoms with Gasteiger partial charge < -0.3 is 4.74 Å². The lowest BCUT2D eigenvalue weighted by atomic mass is 10.0. The van der Waals surface area contributed by atoms with Gasteiger partial charge in [0.1, 0.15) is 0 Å². The molecule has 0 N–H and O–H groups in total. The second-order valence-corrected chi connectivity index (χ2v) is 6.92. The van der Waals surface area contributed by atoms with Gasteiger partial charge in [-0.15, -0.1) is 0 Å². The summed E-state index contributed by atoms with van der Waals surface area (Å²) in [5.74, 6) is -0.213. The first-order valence-corrected chi connectivity index (χ1v) is 10.0. The Bertz CT molecular complexity index is 282. The fourth-order valence-corrected chi connectivity index (χ4v) is 2.73. The third-order valence-electron chi connectivity index (χ3n) is 4.08. The molecule has 0 atom stereocenters. The van der Waals surface area contributed by atoms with Gasteiger partial charge in [-0.3, -0.25) is 0 Å². The maximum Gasteiger partial charge on any atom is 0.330 e. The van der Waals surface area contributed by atoms with Crippen molar-refractivity contribution in [2.75, 3.05) is 0 Å². The number of hydrogen-bond acceptors (Lipinski definition) is 2. The molecule has 23 heavy (non-hydrogen) atoms. The summed E-state index contributed by atoms with van der Waals surface area (Å²) in [4.78, 5) is 11.3. The molecule has 0 radical (unpaired) electrons. The Hall–Kier alpha value is -0.790. The van der Waals surface area contributed by atoms with Crippen molar-refractivity contribution in [3.63, 3.8) is 0 Å². The number of rotatable bonds is 16. The molecule has 0 amide bonds. The molecule has 0 bridgehead atoms. The Morgan fingerprint density at radius 1 is 0.783 bits per heavy atom. The molecule has 0 saturated carbocycles. The van der Waals surface area contributed by atoms with Gasteiger partial charge in [0.25, 0.3) is 0 Å². The number of hydrogen-bond donors (Lipinski definition) is 0. The van der Waals surface area contributed by atoms with E-state index in [1.807, 2.05) is 19.9 Å². The molecule has 2 heteroatoms. The Morgan fingerprint density at radius 3 is 1.65 bits per heavy atom. The van der Waals surface area contributed by atoms with E-state index >= 15 is 0 Å². The zero-order valence-electron chi connectivity index (χ0n) is 15.9. The fraction of sp³-hybridized carbons (Fsp3) is 0.857. The predicted molar refractivity (Wildman–Crippen MR) is 101 cm³/mol. The molecule has 0 aliphatic heterocycles. The van der Waals surface area contributed by atoms with Gasteiger partial charge in [0.05, 0.1) is 6.10 Å². The van der Waals surface area contributed by atoms with Crippen molar-refractivity contribution < 1.29 is 9.53 Å². The highest BCUT2D eigenvalue weighted by molar-refractivity contribution is 5.81. The van der Waals surface area contributed by atoms with Gasteiger partial charge in [0.15, 0.2) is 0 Å². The minimum Gasteiger partial charge on any atom is -0.460 e. The third kappa shape index (κ3) is 19.2. The fourth-order valence-electron chi connectivity index (χ4n) is 2.73. The van der Waals surface area contributed by atoms with Gasteiger partial charge in [0.2, 0.25) is 0 Å². The zero-order chi connectivity index (χ0) is 17.2. The third-order valence-corrected chi connectivity index (χ3v) is 4.08. The van der Waals surface area contributed by atoms with E-state index in [4.69, 9.17) is 4.74 Å². The van der Waals surface area contributed by atoms with E-state index in [-0.39, 0.29) is 12.1 Å². The lowest BCUT2D eigenvalue weighted by molar-refractivity contribution is -0.141. The van der Waals surface area contributed by atoms with E-state index in [2.05, 4.69) is 6.92 Å². The molecule has 0 unspecified atom stereocenters. The molecule has 0 rings (SSSR count). The Morgan fingerprint density at radius 2 is 1.22 bits per heavy atom. The second kappa shape index (κ2) is 17.6. The maximum absolute atomic E-state index is 11.3. The highest BCUT2D eigenvalue weighted by Crippen LogP contribution is 2.13. The highest BCUT2D eigenvalue weighted by atomic mass is 16.5. The average molecular weight is 325 g/mol. The molecule has 136 valence electrons. The van der Waals surface area contributed by atoms with E-state index < -0.39 is 0 Å². The summed E-state index contributed by atoms with van der Waals surface area (Å²) in [7, 11) is 0. The topological polar surface area (TPSA) is 26.3 Å². The average Bonchev–Trinajstić information content (AvgIpc) is 2.50. The van der Waals surface area contributed by atoms with Crippen LogP contribution in [0.5, 0.6) is 0 Å². The lowest BCUT2D eigenvalue weighted by Crippen LogP contribution is -2.08. The van der Waals surface area contributed by atoms with E-state index in [0.29, 0.717) is 0 Å². The van der Waals surface area contributed by atoms with Gasteiger partial charge in [0, 0.05) is 6.08 Å². The van der Waals surface area contributed by atoms with Crippen LogP contribution >= 0.6 is 0 Å². The van der Waals surface area contributed by atoms with Crippen LogP contribution < -0.4 is 0 Å². The van der Waals surface area contributed by atoms with Crippen LogP contribution in [0.2, 0.25) is 0 Å². The van der Waals surface area contributed by atoms with Gasteiger partial charge in [-0.25, -0.2) is 4.79 Å². The standard InChI is InChI=1S/C21H40O2/c1-4-5-6-7-8-9-10-11-12-13-14-15-16-17-18-19-21(22)23-20(2)3/h18-20H,4-17H2,1-3H3/b19-18+. The van der Waals surface area contributed by atoms with Crippen molar-refractivity contribution in [2.24, 2.45) is 0 Å². The van der Waals surface area contributed by atoms with Crippen LogP contribution in [0.3, 0.4) is 0 Å². The Balaban J connectivity index is 3.16. The lowest BCUT2D eigenvalue weighted by Gasteiger charge is -2.04. The van der Waals surface area contributed by atoms with E-state index in [1.54, 1.807) is 6.08 Å². The molecular formula is C21H40O2. The van der Waals surface area contributed by atoms with Crippen LogP contribution in [0.25, 0.3) is 0 Å². The molecule has 0 fully saturated rings. The normalized spacial score (nSPS) is 11.5. The minimum absolute atomic E-state index is 0.0245. The van der Waals surface area contributed by atoms with Crippen molar-refractivity contribution in [2.45, 2.75) is 117 Å². The highest BCUT2D eigenvalue weighted by Gasteiger charge is 1.99. The maximum atomic E-state index is 11.3. The first-order chi connectivity index (χ1) is 11.2. The first kappa shape index (κ1) is 22.2. The molecule has 0 aromatic carbocycles. The van der Waals surface area contributed by atoms with E-state index in [0.717, 1.165) is 6.42 Å². The van der Waals surface area contributed by atoms with E-state index in [1.165, 1.54) is 83.5 Å². The second-order valence-electron chi connectivity index (χ2n) is 6.92. The molecule has 0 aromatic rings. The minimum atomic E-state index is -0.213. The van der Waals surface area contributed by atoms with Gasteiger partial charge in [-0.05, 0) is 26.7 Å². The van der Waals surface area contributed by atoms with Crippen molar-refractivity contribution in [1.82, 2.24) is 0 Å². The molecule has 2 nitrogen and oxygen atoms in total. The molecule has 0 aromatic heterocycles. The van der Waals surface area contributed by atoms with Gasteiger partial charge >= 0.3 is 5.97 Å². The monoisotopic (exact) mass is 324 g/mol. The quantitative estimate of drug-likeness (QED) is 0.174. The number of allylic oxidation sites excluding steroid dienone is 1. The van der Waals surface area contributed by atoms with Crippen molar-refractivity contribution >= 4 is 5.97 Å². The first-order valence-electron chi connectivity index (χ1n) is 10.0. The van der Waals surface area contributed by atoms with Gasteiger partial charge in [-0.2, -0.15) is 0 Å². The zero-order valence-corrected chi connectivity index (χ0v) is 15.9. The number of ether oxygens (including phenoxy) is 1. The summed E-state index contributed by atoms with van der Waals surface area (Å²) in [6.45, 7) is 6.02. The van der Waals surface area contributed by atoms with Crippen LogP contribution in [0.1, 0.15) is 111 Å². The van der Waals surface area contributed by atoms with Crippen LogP contribution in [-0.4, -0.2) is 12.1 Å². The van der Waals surface area contributed by atoms with Crippen LogP contribution in [-0.2, 0) is 9.53 Å². The van der Waals surface area contributed by atoms with Crippen molar-refractivity contribution in [3.05, 3.63) is 12.2 Å². The summed E-state index contributed by atoms with van der Waals surface area (Å²) < 4.78 is 5.04. The largest absolute Gasteiger partial charge is 0.460 e. The summed E-state index contributed by atoms with van der Waals surface area (Å²) in [6, 6.07) is 0. The van der Waals surface area contributed by atoms with Crippen LogP contribution in [0.4, 0.5) is 0 Å². The van der Waals surface area contributed by atoms with E-state index in [9.17, 15) is 4.79 Å². The van der Waals surface area contributed by atoms with Crippen LogP contribution in [0.15, 0.2) is 12.2 Å². The Labute approximate surface area is 145 Å². The van der Waals surface area contributed by atoms with Crippen molar-refractivity contribution in [1.29, 1.82) is 0 Å². The predicted octanol–water partition coefficient (Wildman–Crippen LogP) is 6.98. The number of carbonyl (C=O) groups excluding carboxylic acids is 1. The molecular weight excluding hydrogens is 284 g/mol. The summed E-state index contributed by atoms with van der Waals surface area (Å²) in [5.41, 5.74) is 0. The summed E-state index contributed by atoms with van der Waals surface area (Å²) in [6.07, 6.45) is 22.4. The van der Waals surface area contributed by atoms with Crippen molar-refractivity contribution in [3.8, 4) is 0 Å². The number of carbonyl (C=O) groups is 1.